The van der Waals surface area contributed by atoms with E-state index in [0.29, 0.717) is 0 Å². The van der Waals surface area contributed by atoms with Crippen molar-refractivity contribution >= 4 is 0 Å². The van der Waals surface area contributed by atoms with Crippen LogP contribution in [-0.2, 0) is 0 Å². The normalized spacial score (nSPS) is 14.9. The number of H-pyrrole nitrogens is 1. The molecular weight excluding hydrogens is 157 g/mol. The Morgan fingerprint density at radius 1 is 1.55 bits per heavy atom. The van der Waals surface area contributed by atoms with Crippen molar-refractivity contribution in [2.45, 2.75) is 19.0 Å². The molecule has 0 aliphatic rings. The first kappa shape index (κ1) is 8.10. The first-order valence-corrected chi connectivity index (χ1v) is 3.08. The van der Waals surface area contributed by atoms with E-state index in [0.717, 1.165) is 6.92 Å². The van der Waals surface area contributed by atoms with Crippen molar-refractivity contribution < 1.29 is 13.2 Å². The van der Waals surface area contributed by atoms with Gasteiger partial charge in [0.05, 0.1) is 5.92 Å². The average molecular weight is 164 g/mol. The summed E-state index contributed by atoms with van der Waals surface area (Å²) >= 11 is 0. The number of aromatic nitrogens is 2. The Balaban J connectivity index is 2.78. The van der Waals surface area contributed by atoms with Gasteiger partial charge in [0, 0.05) is 11.9 Å². The summed E-state index contributed by atoms with van der Waals surface area (Å²) < 4.78 is 35.9. The number of aromatic amines is 1. The van der Waals surface area contributed by atoms with Gasteiger partial charge >= 0.3 is 6.18 Å². The van der Waals surface area contributed by atoms with Gasteiger partial charge in [-0.05, 0) is 13.0 Å². The molecule has 1 heterocycles. The van der Waals surface area contributed by atoms with E-state index >= 15 is 0 Å². The molecule has 0 amide bonds. The van der Waals surface area contributed by atoms with Gasteiger partial charge in [0.25, 0.3) is 0 Å². The molecule has 0 radical (unpaired) electrons. The Kier molecular flexibility index (Phi) is 1.89. The lowest BCUT2D eigenvalue weighted by Crippen LogP contribution is -2.17. The predicted molar refractivity (Wildman–Crippen MR) is 33.1 cm³/mol. The van der Waals surface area contributed by atoms with Crippen molar-refractivity contribution in [2.75, 3.05) is 0 Å². The molecule has 0 spiro atoms. The molecule has 1 atom stereocenters. The van der Waals surface area contributed by atoms with E-state index in [4.69, 9.17) is 0 Å². The number of hydrogen-bond acceptors (Lipinski definition) is 1. The molecular formula is C6H7F3N2. The van der Waals surface area contributed by atoms with Gasteiger partial charge in [-0.1, -0.05) is 0 Å². The second-order valence-corrected chi connectivity index (χ2v) is 2.28. The maximum Gasteiger partial charge on any atom is 0.396 e. The molecule has 1 unspecified atom stereocenters. The zero-order valence-electron chi connectivity index (χ0n) is 5.81. The standard InChI is InChI=1S/C6H7F3N2/c1-4(6(7,8)9)5-2-3-10-11-5/h2-4H,1H3,(H,10,11). The minimum Gasteiger partial charge on any atom is -0.282 e. The molecule has 62 valence electrons. The first-order valence-electron chi connectivity index (χ1n) is 3.08. The molecule has 1 N–H and O–H groups in total. The third kappa shape index (κ3) is 1.72. The highest BCUT2D eigenvalue weighted by atomic mass is 19.4. The van der Waals surface area contributed by atoms with Gasteiger partial charge in [0.2, 0.25) is 0 Å². The highest BCUT2D eigenvalue weighted by molar-refractivity contribution is 5.06. The first-order chi connectivity index (χ1) is 5.02. The van der Waals surface area contributed by atoms with Gasteiger partial charge in [-0.25, -0.2) is 0 Å². The van der Waals surface area contributed by atoms with Gasteiger partial charge in [0.15, 0.2) is 0 Å². The summed E-state index contributed by atoms with van der Waals surface area (Å²) in [6, 6.07) is 1.32. The van der Waals surface area contributed by atoms with E-state index in [9.17, 15) is 13.2 Å². The van der Waals surface area contributed by atoms with Gasteiger partial charge in [-0.3, -0.25) is 5.10 Å². The highest BCUT2D eigenvalue weighted by Gasteiger charge is 2.37. The topological polar surface area (TPSA) is 28.7 Å². The van der Waals surface area contributed by atoms with Crippen molar-refractivity contribution in [3.63, 3.8) is 0 Å². The number of nitrogens with one attached hydrogen (secondary N) is 1. The fourth-order valence-electron chi connectivity index (χ4n) is 0.684. The number of alkyl halides is 3. The predicted octanol–water partition coefficient (Wildman–Crippen LogP) is 2.08. The van der Waals surface area contributed by atoms with Crippen LogP contribution in [-0.4, -0.2) is 16.4 Å². The quantitative estimate of drug-likeness (QED) is 0.676. The highest BCUT2D eigenvalue weighted by Crippen LogP contribution is 2.32. The van der Waals surface area contributed by atoms with Gasteiger partial charge in [-0.2, -0.15) is 18.3 Å². The van der Waals surface area contributed by atoms with E-state index in [1.165, 1.54) is 12.3 Å². The van der Waals surface area contributed by atoms with Crippen LogP contribution in [0.25, 0.3) is 0 Å². The molecule has 0 aromatic carbocycles. The molecule has 1 aromatic heterocycles. The van der Waals surface area contributed by atoms with Crippen LogP contribution in [0, 0.1) is 0 Å². The molecule has 5 heteroatoms. The van der Waals surface area contributed by atoms with Crippen molar-refractivity contribution in [2.24, 2.45) is 0 Å². The lowest BCUT2D eigenvalue weighted by molar-refractivity contribution is -0.147. The number of rotatable bonds is 1. The monoisotopic (exact) mass is 164 g/mol. The zero-order chi connectivity index (χ0) is 8.48. The van der Waals surface area contributed by atoms with E-state index in [2.05, 4.69) is 10.2 Å². The van der Waals surface area contributed by atoms with Crippen molar-refractivity contribution in [3.05, 3.63) is 18.0 Å². The molecule has 1 rings (SSSR count). The Hall–Kier alpha value is -1.00. The minimum absolute atomic E-state index is 0.0949. The Morgan fingerprint density at radius 3 is 2.55 bits per heavy atom. The molecule has 0 aliphatic heterocycles. The van der Waals surface area contributed by atoms with Crippen molar-refractivity contribution in [1.82, 2.24) is 10.2 Å². The van der Waals surface area contributed by atoms with Crippen LogP contribution in [0.2, 0.25) is 0 Å². The van der Waals surface area contributed by atoms with Crippen LogP contribution in [0.3, 0.4) is 0 Å². The second-order valence-electron chi connectivity index (χ2n) is 2.28. The average Bonchev–Trinajstić information content (AvgIpc) is 2.34. The fraction of sp³-hybridized carbons (Fsp3) is 0.500. The van der Waals surface area contributed by atoms with E-state index in [1.807, 2.05) is 0 Å². The Bertz CT molecular complexity index is 214. The minimum atomic E-state index is -4.19. The maximum absolute atomic E-state index is 12.0. The summed E-state index contributed by atoms with van der Waals surface area (Å²) in [6.45, 7) is 1.09. The SMILES string of the molecule is CC(c1ccn[nH]1)C(F)(F)F. The third-order valence-corrected chi connectivity index (χ3v) is 1.48. The lowest BCUT2D eigenvalue weighted by atomic mass is 10.1. The molecule has 0 fully saturated rings. The summed E-state index contributed by atoms with van der Waals surface area (Å²) in [5, 5.41) is 5.71. The lowest BCUT2D eigenvalue weighted by Gasteiger charge is -2.12. The maximum atomic E-state index is 12.0. The second kappa shape index (κ2) is 2.56. The Labute approximate surface area is 61.4 Å². The van der Waals surface area contributed by atoms with E-state index in [1.54, 1.807) is 0 Å². The van der Waals surface area contributed by atoms with Crippen molar-refractivity contribution in [3.8, 4) is 0 Å². The fourth-order valence-corrected chi connectivity index (χ4v) is 0.684. The Morgan fingerprint density at radius 2 is 2.18 bits per heavy atom. The zero-order valence-corrected chi connectivity index (χ0v) is 5.81. The number of hydrogen-bond donors (Lipinski definition) is 1. The smallest absolute Gasteiger partial charge is 0.282 e. The van der Waals surface area contributed by atoms with Crippen LogP contribution in [0.1, 0.15) is 18.5 Å². The summed E-state index contributed by atoms with van der Waals surface area (Å²) in [5.41, 5.74) is 0.0949. The third-order valence-electron chi connectivity index (χ3n) is 1.48. The van der Waals surface area contributed by atoms with Crippen LogP contribution in [0.4, 0.5) is 13.2 Å². The molecule has 1 aromatic rings. The number of nitrogens with zero attached hydrogens (tertiary/aromatic N) is 1. The summed E-state index contributed by atoms with van der Waals surface area (Å²) in [7, 11) is 0. The molecule has 0 bridgehead atoms. The van der Waals surface area contributed by atoms with Crippen LogP contribution < -0.4 is 0 Å². The van der Waals surface area contributed by atoms with Gasteiger partial charge < -0.3 is 0 Å². The van der Waals surface area contributed by atoms with Crippen molar-refractivity contribution in [1.29, 1.82) is 0 Å². The largest absolute Gasteiger partial charge is 0.396 e. The molecule has 2 nitrogen and oxygen atoms in total. The van der Waals surface area contributed by atoms with Gasteiger partial charge in [-0.15, -0.1) is 0 Å². The van der Waals surface area contributed by atoms with Gasteiger partial charge in [0.1, 0.15) is 0 Å². The van der Waals surface area contributed by atoms with E-state index in [-0.39, 0.29) is 5.69 Å². The van der Waals surface area contributed by atoms with Crippen LogP contribution in [0.5, 0.6) is 0 Å². The summed E-state index contributed by atoms with van der Waals surface area (Å²) in [4.78, 5) is 0. The number of halogens is 3. The summed E-state index contributed by atoms with van der Waals surface area (Å²) in [6.07, 6.45) is -2.88. The molecule has 0 saturated carbocycles. The van der Waals surface area contributed by atoms with E-state index < -0.39 is 12.1 Å². The van der Waals surface area contributed by atoms with Crippen LogP contribution >= 0.6 is 0 Å². The summed E-state index contributed by atoms with van der Waals surface area (Å²) in [5.74, 6) is -1.47. The molecule has 0 saturated heterocycles. The molecule has 0 aliphatic carbocycles. The van der Waals surface area contributed by atoms with Crippen LogP contribution in [0.15, 0.2) is 12.3 Å². The molecule has 11 heavy (non-hydrogen) atoms.